The molecule has 1 amide bonds. The van der Waals surface area contributed by atoms with Crippen molar-refractivity contribution in [3.8, 4) is 11.8 Å². The molecule has 0 heterocycles. The molecule has 0 saturated heterocycles. The van der Waals surface area contributed by atoms with Crippen LogP contribution in [0.2, 0.25) is 0 Å². The first-order valence-corrected chi connectivity index (χ1v) is 6.24. The van der Waals surface area contributed by atoms with E-state index in [0.29, 0.717) is 6.54 Å². The molecular weight excluding hydrogens is 240 g/mol. The molecule has 1 aromatic rings. The van der Waals surface area contributed by atoms with Crippen LogP contribution in [0.3, 0.4) is 0 Å². The molecule has 0 atom stereocenters. The van der Waals surface area contributed by atoms with Crippen molar-refractivity contribution in [1.82, 2.24) is 0 Å². The van der Waals surface area contributed by atoms with Crippen LogP contribution in [0.15, 0.2) is 18.2 Å². The third-order valence-electron chi connectivity index (χ3n) is 2.38. The summed E-state index contributed by atoms with van der Waals surface area (Å²) in [7, 11) is 0. The fraction of sp³-hybridized carbons (Fsp3) is 0.400. The Hall–Kier alpha value is -1.83. The van der Waals surface area contributed by atoms with Gasteiger partial charge < -0.3 is 15.8 Å². The molecule has 0 radical (unpaired) electrons. The molecule has 0 saturated carbocycles. The SMILES string of the molecule is Cc1cc(NC(=O)COC(C)C)ccc1C#CCN. The molecule has 0 unspecified atom stereocenters. The van der Waals surface area contributed by atoms with Gasteiger partial charge in [0.15, 0.2) is 0 Å². The van der Waals surface area contributed by atoms with Gasteiger partial charge in [0.2, 0.25) is 5.91 Å². The number of hydrogen-bond donors (Lipinski definition) is 2. The third-order valence-corrected chi connectivity index (χ3v) is 2.38. The fourth-order valence-electron chi connectivity index (χ4n) is 1.47. The van der Waals surface area contributed by atoms with Gasteiger partial charge in [-0.15, -0.1) is 0 Å². The van der Waals surface area contributed by atoms with Crippen molar-refractivity contribution in [2.45, 2.75) is 26.9 Å². The van der Waals surface area contributed by atoms with E-state index >= 15 is 0 Å². The Balaban J connectivity index is 2.65. The maximum Gasteiger partial charge on any atom is 0.250 e. The number of ether oxygens (including phenoxy) is 1. The molecule has 0 fully saturated rings. The Kier molecular flexibility index (Phi) is 6.07. The van der Waals surface area contributed by atoms with Crippen LogP contribution in [0, 0.1) is 18.8 Å². The predicted octanol–water partition coefficient (Wildman–Crippen LogP) is 1.67. The van der Waals surface area contributed by atoms with Gasteiger partial charge in [-0.05, 0) is 44.5 Å². The number of aryl methyl sites for hydroxylation is 1. The number of hydrogen-bond acceptors (Lipinski definition) is 3. The lowest BCUT2D eigenvalue weighted by molar-refractivity contribution is -0.121. The van der Waals surface area contributed by atoms with Crippen molar-refractivity contribution in [2.75, 3.05) is 18.5 Å². The zero-order valence-corrected chi connectivity index (χ0v) is 11.6. The van der Waals surface area contributed by atoms with Gasteiger partial charge in [-0.1, -0.05) is 11.8 Å². The minimum absolute atomic E-state index is 0.0430. The zero-order valence-electron chi connectivity index (χ0n) is 11.6. The normalized spacial score (nSPS) is 9.95. The number of rotatable bonds is 4. The number of carbonyl (C=O) groups is 1. The Morgan fingerprint density at radius 1 is 1.47 bits per heavy atom. The lowest BCUT2D eigenvalue weighted by Gasteiger charge is -2.09. The number of carbonyl (C=O) groups excluding carboxylic acids is 1. The van der Waals surface area contributed by atoms with Crippen LogP contribution in [0.25, 0.3) is 0 Å². The second kappa shape index (κ2) is 7.57. The van der Waals surface area contributed by atoms with Crippen molar-refractivity contribution in [1.29, 1.82) is 0 Å². The van der Waals surface area contributed by atoms with Crippen LogP contribution in [0.4, 0.5) is 5.69 Å². The molecule has 0 aliphatic heterocycles. The predicted molar refractivity (Wildman–Crippen MR) is 76.8 cm³/mol. The summed E-state index contributed by atoms with van der Waals surface area (Å²) in [5, 5.41) is 2.78. The van der Waals surface area contributed by atoms with Gasteiger partial charge in [0.05, 0.1) is 12.6 Å². The quantitative estimate of drug-likeness (QED) is 0.809. The third kappa shape index (κ3) is 5.56. The van der Waals surface area contributed by atoms with Crippen LogP contribution in [0.5, 0.6) is 0 Å². The molecule has 4 nitrogen and oxygen atoms in total. The second-order valence-corrected chi connectivity index (χ2v) is 4.44. The number of nitrogens with two attached hydrogens (primary N) is 1. The molecule has 0 bridgehead atoms. The van der Waals surface area contributed by atoms with Crippen molar-refractivity contribution in [3.05, 3.63) is 29.3 Å². The summed E-state index contributed by atoms with van der Waals surface area (Å²) in [5.74, 6) is 5.63. The number of benzene rings is 1. The van der Waals surface area contributed by atoms with Gasteiger partial charge in [-0.2, -0.15) is 0 Å². The van der Waals surface area contributed by atoms with E-state index in [1.54, 1.807) is 0 Å². The van der Waals surface area contributed by atoms with Gasteiger partial charge in [0.25, 0.3) is 0 Å². The average Bonchev–Trinajstić information content (AvgIpc) is 2.35. The smallest absolute Gasteiger partial charge is 0.250 e. The highest BCUT2D eigenvalue weighted by atomic mass is 16.5. The van der Waals surface area contributed by atoms with Gasteiger partial charge in [0.1, 0.15) is 6.61 Å². The summed E-state index contributed by atoms with van der Waals surface area (Å²) in [4.78, 5) is 11.6. The number of anilines is 1. The number of nitrogens with one attached hydrogen (secondary N) is 1. The molecule has 1 rings (SSSR count). The monoisotopic (exact) mass is 260 g/mol. The summed E-state index contributed by atoms with van der Waals surface area (Å²) in [6.07, 6.45) is 0.0430. The lowest BCUT2D eigenvalue weighted by atomic mass is 10.1. The average molecular weight is 260 g/mol. The Morgan fingerprint density at radius 2 is 2.21 bits per heavy atom. The van der Waals surface area contributed by atoms with Crippen LogP contribution >= 0.6 is 0 Å². The standard InChI is InChI=1S/C15H20N2O2/c1-11(2)19-10-15(18)17-14-7-6-13(5-4-8-16)12(3)9-14/h6-7,9,11H,8,10,16H2,1-3H3,(H,17,18). The first kappa shape index (κ1) is 15.2. The van der Waals surface area contributed by atoms with Crippen LogP contribution in [-0.2, 0) is 9.53 Å². The van der Waals surface area contributed by atoms with E-state index in [0.717, 1.165) is 16.8 Å². The molecule has 1 aromatic carbocycles. The van der Waals surface area contributed by atoms with E-state index in [4.69, 9.17) is 10.5 Å². The van der Waals surface area contributed by atoms with Crippen molar-refractivity contribution < 1.29 is 9.53 Å². The Morgan fingerprint density at radius 3 is 2.79 bits per heavy atom. The molecule has 102 valence electrons. The molecule has 0 aromatic heterocycles. The van der Waals surface area contributed by atoms with Gasteiger partial charge in [-0.3, -0.25) is 4.79 Å². The highest BCUT2D eigenvalue weighted by molar-refractivity contribution is 5.91. The summed E-state index contributed by atoms with van der Waals surface area (Å²) in [6.45, 7) is 6.13. The van der Waals surface area contributed by atoms with Gasteiger partial charge in [0, 0.05) is 11.3 Å². The summed E-state index contributed by atoms with van der Waals surface area (Å²) in [5.41, 5.74) is 8.00. The molecule has 0 aliphatic carbocycles. The largest absolute Gasteiger partial charge is 0.369 e. The van der Waals surface area contributed by atoms with E-state index in [9.17, 15) is 4.79 Å². The van der Waals surface area contributed by atoms with E-state index in [-0.39, 0.29) is 18.6 Å². The topological polar surface area (TPSA) is 64.3 Å². The molecule has 0 spiro atoms. The lowest BCUT2D eigenvalue weighted by Crippen LogP contribution is -2.20. The van der Waals surface area contributed by atoms with Gasteiger partial charge >= 0.3 is 0 Å². The van der Waals surface area contributed by atoms with Crippen LogP contribution < -0.4 is 11.1 Å². The minimum Gasteiger partial charge on any atom is -0.369 e. The van der Waals surface area contributed by atoms with Crippen molar-refractivity contribution in [3.63, 3.8) is 0 Å². The molecule has 3 N–H and O–H groups in total. The molecule has 4 heteroatoms. The van der Waals surface area contributed by atoms with Crippen molar-refractivity contribution >= 4 is 11.6 Å². The minimum atomic E-state index is -0.158. The zero-order chi connectivity index (χ0) is 14.3. The van der Waals surface area contributed by atoms with E-state index < -0.39 is 0 Å². The second-order valence-electron chi connectivity index (χ2n) is 4.44. The molecule has 0 aliphatic rings. The highest BCUT2D eigenvalue weighted by Gasteiger charge is 2.05. The molecular formula is C15H20N2O2. The Bertz CT molecular complexity index is 499. The van der Waals surface area contributed by atoms with Crippen molar-refractivity contribution in [2.24, 2.45) is 5.73 Å². The van der Waals surface area contributed by atoms with Crippen LogP contribution in [-0.4, -0.2) is 25.2 Å². The summed E-state index contributed by atoms with van der Waals surface area (Å²) < 4.78 is 5.23. The summed E-state index contributed by atoms with van der Waals surface area (Å²) >= 11 is 0. The number of amides is 1. The van der Waals surface area contributed by atoms with Gasteiger partial charge in [-0.25, -0.2) is 0 Å². The first-order valence-electron chi connectivity index (χ1n) is 6.24. The van der Waals surface area contributed by atoms with E-state index in [2.05, 4.69) is 17.2 Å². The maximum atomic E-state index is 11.6. The summed E-state index contributed by atoms with van der Waals surface area (Å²) in [6, 6.07) is 5.57. The van der Waals surface area contributed by atoms with Crippen LogP contribution in [0.1, 0.15) is 25.0 Å². The molecule has 19 heavy (non-hydrogen) atoms. The first-order chi connectivity index (χ1) is 9.02. The Labute approximate surface area is 114 Å². The highest BCUT2D eigenvalue weighted by Crippen LogP contribution is 2.14. The van der Waals surface area contributed by atoms with E-state index in [1.807, 2.05) is 39.0 Å². The van der Waals surface area contributed by atoms with E-state index in [1.165, 1.54) is 0 Å². The fourth-order valence-corrected chi connectivity index (χ4v) is 1.47. The maximum absolute atomic E-state index is 11.6.